The molecule has 0 N–H and O–H groups in total. The molecule has 0 heterocycles. The van der Waals surface area contributed by atoms with E-state index in [0.717, 1.165) is 12.1 Å². The first kappa shape index (κ1) is 27.0. The molecule has 0 aromatic rings. The van der Waals surface area contributed by atoms with Gasteiger partial charge < -0.3 is 17.7 Å². The molecule has 0 aliphatic rings. The average Bonchev–Trinajstić information content (AvgIpc) is 2.27. The fraction of sp³-hybridized carbons (Fsp3) is 0.905. The van der Waals surface area contributed by atoms with E-state index in [2.05, 4.69) is 96.2 Å². The van der Waals surface area contributed by atoms with E-state index in [4.69, 9.17) is 17.7 Å². The molecule has 0 aromatic carbocycles. The number of hydrogen-bond acceptors (Lipinski definition) is 4. The second kappa shape index (κ2) is 8.80. The highest BCUT2D eigenvalue weighted by molar-refractivity contribution is 6.75. The van der Waals surface area contributed by atoms with Crippen LogP contribution in [0.2, 0.25) is 18.6 Å². The summed E-state index contributed by atoms with van der Waals surface area (Å²) in [7, 11) is -5.13. The second-order valence-electron chi connectivity index (χ2n) is 11.5. The van der Waals surface area contributed by atoms with Gasteiger partial charge in [-0.2, -0.15) is 0 Å². The van der Waals surface area contributed by atoms with Gasteiger partial charge in [-0.05, 0) is 107 Å². The third-order valence-corrected chi connectivity index (χ3v) is 10.5. The molecular formula is C21H46O4Si2. The van der Waals surface area contributed by atoms with Crippen molar-refractivity contribution in [2.24, 2.45) is 0 Å². The van der Waals surface area contributed by atoms with Crippen molar-refractivity contribution in [2.75, 3.05) is 0 Å². The Hall–Kier alpha value is 0.0138. The van der Waals surface area contributed by atoms with Crippen molar-refractivity contribution in [3.8, 4) is 0 Å². The Balaban J connectivity index is 5.73. The molecule has 0 bridgehead atoms. The maximum Gasteiger partial charge on any atom is 0.365 e. The summed E-state index contributed by atoms with van der Waals surface area (Å²) in [4.78, 5) is 0. The fourth-order valence-corrected chi connectivity index (χ4v) is 11.9. The van der Waals surface area contributed by atoms with Crippen LogP contribution in [0.15, 0.2) is 12.3 Å². The summed E-state index contributed by atoms with van der Waals surface area (Å²) in [6, 6.07) is 1.56. The first-order valence-electron chi connectivity index (χ1n) is 10.0. The summed E-state index contributed by atoms with van der Waals surface area (Å²) in [6.07, 6.45) is 0. The van der Waals surface area contributed by atoms with Crippen molar-refractivity contribution in [3.63, 3.8) is 0 Å². The van der Waals surface area contributed by atoms with Gasteiger partial charge in [0.25, 0.3) is 0 Å². The third kappa shape index (κ3) is 13.0. The second-order valence-corrected chi connectivity index (χ2v) is 17.6. The lowest BCUT2D eigenvalue weighted by atomic mass is 10.2. The monoisotopic (exact) mass is 418 g/mol. The molecule has 0 saturated heterocycles. The molecule has 0 radical (unpaired) electrons. The molecule has 0 aliphatic carbocycles. The summed E-state index contributed by atoms with van der Waals surface area (Å²) in [5.74, 6) is 0. The molecule has 0 aliphatic heterocycles. The third-order valence-electron chi connectivity index (χ3n) is 3.24. The van der Waals surface area contributed by atoms with E-state index in [-0.39, 0.29) is 22.4 Å². The molecule has 0 spiro atoms. The van der Waals surface area contributed by atoms with Gasteiger partial charge in [0.1, 0.15) is 0 Å². The van der Waals surface area contributed by atoms with Crippen LogP contribution in [-0.4, -0.2) is 39.5 Å². The summed E-state index contributed by atoms with van der Waals surface area (Å²) in [6.45, 7) is 31.2. The molecule has 0 aromatic heterocycles. The van der Waals surface area contributed by atoms with Gasteiger partial charge >= 0.3 is 17.1 Å². The molecule has 27 heavy (non-hydrogen) atoms. The van der Waals surface area contributed by atoms with Crippen LogP contribution in [0.25, 0.3) is 0 Å². The topological polar surface area (TPSA) is 36.9 Å². The molecule has 0 rings (SSSR count). The molecular weight excluding hydrogens is 372 g/mol. The highest BCUT2D eigenvalue weighted by Crippen LogP contribution is 2.34. The lowest BCUT2D eigenvalue weighted by Crippen LogP contribution is -2.54. The fourth-order valence-electron chi connectivity index (χ4n) is 3.16. The van der Waals surface area contributed by atoms with E-state index >= 15 is 0 Å². The Morgan fingerprint density at radius 2 is 0.889 bits per heavy atom. The van der Waals surface area contributed by atoms with E-state index < -0.39 is 17.1 Å². The lowest BCUT2D eigenvalue weighted by molar-refractivity contribution is 0.0111. The molecule has 162 valence electrons. The minimum Gasteiger partial charge on any atom is -0.389 e. The SMILES string of the molecule is C=C[Si](CC[Si](C)(OC(C)(C)C)OC(C)(C)C)(OC(C)(C)C)OC(C)(C)C. The van der Waals surface area contributed by atoms with Crippen LogP contribution >= 0.6 is 0 Å². The summed E-state index contributed by atoms with van der Waals surface area (Å²) in [5, 5.41) is 0. The summed E-state index contributed by atoms with van der Waals surface area (Å²) in [5.41, 5.74) is 0.784. The standard InChI is InChI=1S/C21H46O4Si2/c1-15-27(24-20(8,9)10,25-21(11,12)13)17-16-26(14,22-18(2,3)4)23-19(5,6)7/h15H,1,16-17H2,2-14H3. The summed E-state index contributed by atoms with van der Waals surface area (Å²) >= 11 is 0. The smallest absolute Gasteiger partial charge is 0.365 e. The van der Waals surface area contributed by atoms with E-state index in [1.54, 1.807) is 0 Å². The zero-order valence-electron chi connectivity index (χ0n) is 20.3. The largest absolute Gasteiger partial charge is 0.389 e. The highest BCUT2D eigenvalue weighted by atomic mass is 28.4. The Morgan fingerprint density at radius 3 is 1.11 bits per heavy atom. The molecule has 0 unspecified atom stereocenters. The Kier molecular flexibility index (Phi) is 8.80. The normalized spacial score (nSPS) is 15.1. The van der Waals surface area contributed by atoms with Gasteiger partial charge in [-0.25, -0.2) is 0 Å². The van der Waals surface area contributed by atoms with Gasteiger partial charge in [-0.15, -0.1) is 6.58 Å². The zero-order chi connectivity index (χ0) is 21.9. The Labute approximate surface area is 171 Å². The minimum absolute atomic E-state index is 0.264. The van der Waals surface area contributed by atoms with Crippen molar-refractivity contribution < 1.29 is 17.7 Å². The Morgan fingerprint density at radius 1 is 0.593 bits per heavy atom. The lowest BCUT2D eigenvalue weighted by Gasteiger charge is -2.43. The average molecular weight is 419 g/mol. The van der Waals surface area contributed by atoms with Crippen LogP contribution in [0.4, 0.5) is 0 Å². The van der Waals surface area contributed by atoms with Crippen LogP contribution in [0.1, 0.15) is 83.1 Å². The first-order chi connectivity index (χ1) is 11.6. The Bertz CT molecular complexity index is 444. The zero-order valence-corrected chi connectivity index (χ0v) is 22.3. The molecule has 0 atom stereocenters. The summed E-state index contributed by atoms with van der Waals surface area (Å²) < 4.78 is 26.0. The van der Waals surface area contributed by atoms with Gasteiger partial charge in [0.05, 0.1) is 22.4 Å². The van der Waals surface area contributed by atoms with Crippen LogP contribution in [0.5, 0.6) is 0 Å². The quantitative estimate of drug-likeness (QED) is 0.422. The number of hydrogen-bond donors (Lipinski definition) is 0. The molecule has 0 fully saturated rings. The van der Waals surface area contributed by atoms with Crippen molar-refractivity contribution in [3.05, 3.63) is 12.3 Å². The predicted octanol–water partition coefficient (Wildman–Crippen LogP) is 6.49. The molecule has 6 heteroatoms. The maximum absolute atomic E-state index is 6.52. The van der Waals surface area contributed by atoms with E-state index in [9.17, 15) is 0 Å². The molecule has 0 saturated carbocycles. The van der Waals surface area contributed by atoms with Crippen LogP contribution in [0.3, 0.4) is 0 Å². The van der Waals surface area contributed by atoms with E-state index in [0.29, 0.717) is 0 Å². The highest BCUT2D eigenvalue weighted by Gasteiger charge is 2.47. The van der Waals surface area contributed by atoms with Gasteiger partial charge in [0, 0.05) is 0 Å². The minimum atomic E-state index is -2.66. The van der Waals surface area contributed by atoms with Crippen LogP contribution < -0.4 is 0 Å². The molecule has 4 nitrogen and oxygen atoms in total. The van der Waals surface area contributed by atoms with Crippen molar-refractivity contribution in [1.29, 1.82) is 0 Å². The van der Waals surface area contributed by atoms with Gasteiger partial charge in [0.15, 0.2) is 0 Å². The van der Waals surface area contributed by atoms with Crippen molar-refractivity contribution in [2.45, 2.75) is 124 Å². The molecule has 0 amide bonds. The number of rotatable bonds is 8. The van der Waals surface area contributed by atoms with Gasteiger partial charge in [0.2, 0.25) is 0 Å². The van der Waals surface area contributed by atoms with Crippen LogP contribution in [-0.2, 0) is 17.7 Å². The van der Waals surface area contributed by atoms with Gasteiger partial charge in [-0.1, -0.05) is 0 Å². The van der Waals surface area contributed by atoms with Crippen molar-refractivity contribution >= 4 is 17.1 Å². The van der Waals surface area contributed by atoms with E-state index in [1.165, 1.54) is 0 Å². The maximum atomic E-state index is 6.52. The predicted molar refractivity (Wildman–Crippen MR) is 121 cm³/mol. The van der Waals surface area contributed by atoms with Crippen LogP contribution in [0, 0.1) is 0 Å². The van der Waals surface area contributed by atoms with Gasteiger partial charge in [-0.3, -0.25) is 0 Å². The van der Waals surface area contributed by atoms with Crippen molar-refractivity contribution in [1.82, 2.24) is 0 Å². The first-order valence-corrected chi connectivity index (χ1v) is 14.7. The van der Waals surface area contributed by atoms with E-state index in [1.807, 2.05) is 5.70 Å².